The van der Waals surface area contributed by atoms with Gasteiger partial charge < -0.3 is 26.0 Å². The minimum atomic E-state index is -1.09. The highest BCUT2D eigenvalue weighted by atomic mass is 79.9. The van der Waals surface area contributed by atoms with Gasteiger partial charge in [0.15, 0.2) is 0 Å². The topological polar surface area (TPSA) is 148 Å². The van der Waals surface area contributed by atoms with E-state index in [1.54, 1.807) is 20.8 Å². The van der Waals surface area contributed by atoms with Crippen LogP contribution < -0.4 is 16.4 Å². The van der Waals surface area contributed by atoms with Crippen molar-refractivity contribution in [1.82, 2.24) is 15.5 Å². The molecule has 5 atom stereocenters. The SMILES string of the molecule is CC(C)(C)OC(=O)N[C@H](C(=O)N1CC2[C@@H]([C@H]1C(=O)NC(CC1CC1)C(=O)C(N)=O)C2(Br)Br)C1CCCCC1. The molecular formula is C26H38Br2N4O6. The number of ketones is 1. The molecule has 4 aliphatic rings. The predicted octanol–water partition coefficient (Wildman–Crippen LogP) is 2.74. The van der Waals surface area contributed by atoms with Gasteiger partial charge >= 0.3 is 6.09 Å². The lowest BCUT2D eigenvalue weighted by Gasteiger charge is -2.37. The number of nitrogens with zero attached hydrogens (tertiary/aromatic N) is 1. The summed E-state index contributed by atoms with van der Waals surface area (Å²) in [6.45, 7) is 5.59. The Labute approximate surface area is 240 Å². The van der Waals surface area contributed by atoms with Crippen molar-refractivity contribution in [2.45, 2.75) is 99.1 Å². The van der Waals surface area contributed by atoms with E-state index in [1.807, 2.05) is 0 Å². The van der Waals surface area contributed by atoms with E-state index in [-0.39, 0.29) is 29.6 Å². The molecule has 0 radical (unpaired) electrons. The number of fused-ring (bicyclic) bond motifs is 1. The maximum atomic E-state index is 14.1. The fourth-order valence-corrected chi connectivity index (χ4v) is 7.68. The lowest BCUT2D eigenvalue weighted by Crippen LogP contribution is -2.60. The zero-order valence-electron chi connectivity index (χ0n) is 22.1. The first-order valence-electron chi connectivity index (χ1n) is 13.5. The molecule has 2 unspecified atom stereocenters. The Morgan fingerprint density at radius 1 is 1.03 bits per heavy atom. The Bertz CT molecular complexity index is 989. The Morgan fingerprint density at radius 2 is 1.66 bits per heavy atom. The second kappa shape index (κ2) is 11.1. The number of Topliss-reactive ketones (excluding diaryl/α,β-unsaturated/α-hetero) is 1. The van der Waals surface area contributed by atoms with Crippen molar-refractivity contribution >= 4 is 61.5 Å². The van der Waals surface area contributed by atoms with Crippen LogP contribution in [0.25, 0.3) is 0 Å². The number of nitrogens with one attached hydrogen (secondary N) is 2. The van der Waals surface area contributed by atoms with Gasteiger partial charge in [-0.15, -0.1) is 0 Å². The second-order valence-electron chi connectivity index (χ2n) is 12.2. The molecule has 4 rings (SSSR count). The van der Waals surface area contributed by atoms with Crippen molar-refractivity contribution in [3.63, 3.8) is 0 Å². The Morgan fingerprint density at radius 3 is 2.21 bits per heavy atom. The predicted molar refractivity (Wildman–Crippen MR) is 146 cm³/mol. The van der Waals surface area contributed by atoms with Crippen LogP contribution >= 0.6 is 31.9 Å². The summed E-state index contributed by atoms with van der Waals surface area (Å²) in [4.78, 5) is 66.1. The van der Waals surface area contributed by atoms with E-state index in [2.05, 4.69) is 42.5 Å². The van der Waals surface area contributed by atoms with Crippen LogP contribution in [0.3, 0.4) is 0 Å². The van der Waals surface area contributed by atoms with E-state index in [4.69, 9.17) is 10.5 Å². The fourth-order valence-electron chi connectivity index (χ4n) is 5.94. The third-order valence-corrected chi connectivity index (χ3v) is 10.3. The summed E-state index contributed by atoms with van der Waals surface area (Å²) in [7, 11) is 0. The summed E-state index contributed by atoms with van der Waals surface area (Å²) in [6.07, 6.45) is 6.13. The van der Waals surface area contributed by atoms with E-state index in [0.29, 0.717) is 13.0 Å². The number of hydrogen-bond donors (Lipinski definition) is 3. The van der Waals surface area contributed by atoms with Crippen molar-refractivity contribution in [2.75, 3.05) is 6.54 Å². The maximum absolute atomic E-state index is 14.1. The number of halogens is 2. The first kappa shape index (κ1) is 29.3. The number of carbonyl (C=O) groups is 5. The summed E-state index contributed by atoms with van der Waals surface area (Å²) < 4.78 is 4.95. The van der Waals surface area contributed by atoms with Gasteiger partial charge in [-0.05, 0) is 51.9 Å². The van der Waals surface area contributed by atoms with Gasteiger partial charge in [0.2, 0.25) is 17.6 Å². The minimum Gasteiger partial charge on any atom is -0.444 e. The summed E-state index contributed by atoms with van der Waals surface area (Å²) in [6, 6.07) is -2.72. The summed E-state index contributed by atoms with van der Waals surface area (Å²) in [5.41, 5.74) is 4.53. The zero-order chi connectivity index (χ0) is 28.0. The standard InChI is InChI=1S/C26H38Br2N4O6/c1-25(2,3)38-24(37)31-18(14-7-5-4-6-8-14)23(36)32-12-15-17(26(15,27)28)19(32)22(35)30-16(11-13-9-10-13)20(33)21(29)34/h13-19H,4-12H2,1-3H3,(H2,29,34)(H,30,35)(H,31,37)/t15?,16?,17-,18-,19-/m0/s1. The van der Waals surface area contributed by atoms with Crippen molar-refractivity contribution in [2.24, 2.45) is 29.4 Å². The number of hydrogen-bond acceptors (Lipinski definition) is 6. The molecule has 10 nitrogen and oxygen atoms in total. The highest BCUT2D eigenvalue weighted by Gasteiger charge is 2.73. The number of rotatable bonds is 9. The first-order valence-corrected chi connectivity index (χ1v) is 15.1. The number of alkyl carbamates (subject to hydrolysis) is 1. The Hall–Kier alpha value is -1.69. The third-order valence-electron chi connectivity index (χ3n) is 8.09. The van der Waals surface area contributed by atoms with Crippen LogP contribution in [0, 0.1) is 23.7 Å². The lowest BCUT2D eigenvalue weighted by atomic mass is 9.83. The number of amides is 4. The van der Waals surface area contributed by atoms with Crippen LogP contribution in [0.4, 0.5) is 4.79 Å². The monoisotopic (exact) mass is 660 g/mol. The first-order chi connectivity index (χ1) is 17.7. The average Bonchev–Trinajstić information content (AvgIpc) is 3.68. The number of likely N-dealkylation sites (tertiary alicyclic amines) is 1. The van der Waals surface area contributed by atoms with Crippen molar-refractivity contribution in [3.8, 4) is 0 Å². The molecule has 0 aromatic heterocycles. The van der Waals surface area contributed by atoms with Crippen LogP contribution in [-0.4, -0.2) is 68.0 Å². The number of alkyl halides is 2. The van der Waals surface area contributed by atoms with Crippen LogP contribution in [-0.2, 0) is 23.9 Å². The van der Waals surface area contributed by atoms with Crippen LogP contribution in [0.1, 0.15) is 72.1 Å². The number of carbonyl (C=O) groups excluding carboxylic acids is 5. The van der Waals surface area contributed by atoms with E-state index in [0.717, 1.165) is 44.9 Å². The molecule has 212 valence electrons. The quantitative estimate of drug-likeness (QED) is 0.256. The van der Waals surface area contributed by atoms with E-state index < -0.39 is 50.7 Å². The molecule has 1 heterocycles. The Kier molecular flexibility index (Phi) is 8.53. The maximum Gasteiger partial charge on any atom is 0.408 e. The van der Waals surface area contributed by atoms with Gasteiger partial charge in [0.25, 0.3) is 5.91 Å². The molecule has 1 aliphatic heterocycles. The molecule has 3 aliphatic carbocycles. The fraction of sp³-hybridized carbons (Fsp3) is 0.808. The molecule has 0 aromatic rings. The van der Waals surface area contributed by atoms with Gasteiger partial charge in [-0.3, -0.25) is 19.2 Å². The van der Waals surface area contributed by atoms with Crippen molar-refractivity contribution in [3.05, 3.63) is 0 Å². The molecule has 4 amide bonds. The molecule has 12 heteroatoms. The van der Waals surface area contributed by atoms with E-state index >= 15 is 0 Å². The van der Waals surface area contributed by atoms with Gasteiger partial charge in [-0.1, -0.05) is 64.0 Å². The summed E-state index contributed by atoms with van der Waals surface area (Å²) in [5.74, 6) is -2.80. The molecule has 38 heavy (non-hydrogen) atoms. The lowest BCUT2D eigenvalue weighted by molar-refractivity contribution is -0.144. The number of ether oxygens (including phenoxy) is 1. The van der Waals surface area contributed by atoms with Gasteiger partial charge in [-0.2, -0.15) is 0 Å². The van der Waals surface area contributed by atoms with Gasteiger partial charge in [-0.25, -0.2) is 4.79 Å². The summed E-state index contributed by atoms with van der Waals surface area (Å²) in [5, 5.41) is 5.56. The third kappa shape index (κ3) is 6.54. The van der Waals surface area contributed by atoms with Crippen LogP contribution in [0.15, 0.2) is 0 Å². The molecule has 0 spiro atoms. The zero-order valence-corrected chi connectivity index (χ0v) is 25.3. The van der Waals surface area contributed by atoms with E-state index in [9.17, 15) is 24.0 Å². The highest BCUT2D eigenvalue weighted by Crippen LogP contribution is 2.67. The molecule has 0 bridgehead atoms. The molecule has 0 aromatic carbocycles. The van der Waals surface area contributed by atoms with Gasteiger partial charge in [0, 0.05) is 18.4 Å². The largest absolute Gasteiger partial charge is 0.444 e. The second-order valence-corrected chi connectivity index (χ2v) is 15.9. The van der Waals surface area contributed by atoms with Gasteiger partial charge in [0.05, 0.1) is 9.28 Å². The van der Waals surface area contributed by atoms with Crippen LogP contribution in [0.5, 0.6) is 0 Å². The van der Waals surface area contributed by atoms with E-state index in [1.165, 1.54) is 4.90 Å². The highest BCUT2D eigenvalue weighted by molar-refractivity contribution is 9.25. The number of primary amides is 1. The van der Waals surface area contributed by atoms with Gasteiger partial charge in [0.1, 0.15) is 17.7 Å². The molecule has 1 saturated heterocycles. The Balaban J connectivity index is 1.55. The molecular weight excluding hydrogens is 624 g/mol. The molecule has 4 N–H and O–H groups in total. The normalized spacial score (nSPS) is 28.0. The molecule has 3 saturated carbocycles. The average molecular weight is 662 g/mol. The summed E-state index contributed by atoms with van der Waals surface area (Å²) >= 11 is 7.28. The van der Waals surface area contributed by atoms with Crippen molar-refractivity contribution < 1.29 is 28.7 Å². The number of piperidine rings is 1. The number of nitrogens with two attached hydrogens (primary N) is 1. The minimum absolute atomic E-state index is 0.0237. The van der Waals surface area contributed by atoms with Crippen LogP contribution in [0.2, 0.25) is 0 Å². The van der Waals surface area contributed by atoms with Crippen molar-refractivity contribution in [1.29, 1.82) is 0 Å². The smallest absolute Gasteiger partial charge is 0.408 e. The molecule has 4 fully saturated rings.